The van der Waals surface area contributed by atoms with Gasteiger partial charge in [0.1, 0.15) is 18.2 Å². The predicted molar refractivity (Wildman–Crippen MR) is 75.6 cm³/mol. The maximum Gasteiger partial charge on any atom is 0.170 e. The van der Waals surface area contributed by atoms with Gasteiger partial charge in [-0.3, -0.25) is 0 Å². The molecule has 2 aromatic rings. The van der Waals surface area contributed by atoms with E-state index in [1.807, 2.05) is 0 Å². The number of ether oxygens (including phenoxy) is 1. The standard InChI is InChI=1S/C15H15FN2O3/c16-13-6-10(5-12(7-13)15(17)18-20)9-21-14-4-2-1-3-11(14)8-19/h1-7,19-20H,8-9H2,(H2,17,18). The third-order valence-electron chi connectivity index (χ3n) is 2.90. The van der Waals surface area contributed by atoms with Crippen LogP contribution in [0.1, 0.15) is 16.7 Å². The summed E-state index contributed by atoms with van der Waals surface area (Å²) in [7, 11) is 0. The van der Waals surface area contributed by atoms with Crippen molar-refractivity contribution in [2.75, 3.05) is 0 Å². The van der Waals surface area contributed by atoms with Crippen molar-refractivity contribution in [2.24, 2.45) is 10.9 Å². The number of halogens is 1. The first-order valence-electron chi connectivity index (χ1n) is 6.23. The van der Waals surface area contributed by atoms with Crippen molar-refractivity contribution >= 4 is 5.84 Å². The van der Waals surface area contributed by atoms with E-state index in [0.717, 1.165) is 0 Å². The molecule has 0 bridgehead atoms. The van der Waals surface area contributed by atoms with Crippen LogP contribution in [0.25, 0.3) is 0 Å². The summed E-state index contributed by atoms with van der Waals surface area (Å²) in [5, 5.41) is 20.7. The Morgan fingerprint density at radius 1 is 1.24 bits per heavy atom. The van der Waals surface area contributed by atoms with Gasteiger partial charge in [-0.1, -0.05) is 23.4 Å². The van der Waals surface area contributed by atoms with Crippen LogP contribution in [0.3, 0.4) is 0 Å². The van der Waals surface area contributed by atoms with Crippen LogP contribution in [0.4, 0.5) is 4.39 Å². The van der Waals surface area contributed by atoms with E-state index < -0.39 is 5.82 Å². The zero-order valence-electron chi connectivity index (χ0n) is 11.2. The summed E-state index contributed by atoms with van der Waals surface area (Å²) >= 11 is 0. The summed E-state index contributed by atoms with van der Waals surface area (Å²) in [6, 6.07) is 11.1. The Morgan fingerprint density at radius 2 is 2.00 bits per heavy atom. The summed E-state index contributed by atoms with van der Waals surface area (Å²) in [4.78, 5) is 0. The van der Waals surface area contributed by atoms with Gasteiger partial charge >= 0.3 is 0 Å². The molecule has 4 N–H and O–H groups in total. The lowest BCUT2D eigenvalue weighted by atomic mass is 10.1. The zero-order chi connectivity index (χ0) is 15.2. The average molecular weight is 290 g/mol. The third-order valence-corrected chi connectivity index (χ3v) is 2.90. The van der Waals surface area contributed by atoms with Crippen LogP contribution < -0.4 is 10.5 Å². The van der Waals surface area contributed by atoms with Crippen molar-refractivity contribution in [2.45, 2.75) is 13.2 Å². The molecule has 0 unspecified atom stereocenters. The van der Waals surface area contributed by atoms with Gasteiger partial charge in [-0.2, -0.15) is 0 Å². The molecule has 5 nitrogen and oxygen atoms in total. The van der Waals surface area contributed by atoms with Gasteiger partial charge in [0, 0.05) is 11.1 Å². The lowest BCUT2D eigenvalue weighted by Crippen LogP contribution is -2.14. The molecular formula is C15H15FN2O3. The molecule has 0 aromatic heterocycles. The lowest BCUT2D eigenvalue weighted by Gasteiger charge is -2.11. The number of hydrogen-bond donors (Lipinski definition) is 3. The molecule has 21 heavy (non-hydrogen) atoms. The zero-order valence-corrected chi connectivity index (χ0v) is 11.2. The van der Waals surface area contributed by atoms with Gasteiger partial charge in [0.05, 0.1) is 6.61 Å². The summed E-state index contributed by atoms with van der Waals surface area (Å²) < 4.78 is 19.1. The molecule has 6 heteroatoms. The Hall–Kier alpha value is -2.60. The molecule has 0 spiro atoms. The summed E-state index contributed by atoms with van der Waals surface area (Å²) in [5.41, 5.74) is 6.89. The Kier molecular flexibility index (Phi) is 4.73. The number of amidine groups is 1. The van der Waals surface area contributed by atoms with Gasteiger partial charge in [0.15, 0.2) is 5.84 Å². The normalized spacial score (nSPS) is 11.4. The molecule has 2 rings (SSSR count). The first kappa shape index (κ1) is 14.8. The highest BCUT2D eigenvalue weighted by Gasteiger charge is 2.07. The van der Waals surface area contributed by atoms with Gasteiger partial charge < -0.3 is 20.8 Å². The number of nitrogens with zero attached hydrogens (tertiary/aromatic N) is 1. The Bertz CT molecular complexity index is 659. The van der Waals surface area contributed by atoms with Crippen molar-refractivity contribution in [3.05, 3.63) is 65.0 Å². The van der Waals surface area contributed by atoms with Gasteiger partial charge in [-0.05, 0) is 29.8 Å². The second-order valence-corrected chi connectivity index (χ2v) is 4.39. The van der Waals surface area contributed by atoms with Gasteiger partial charge in [0.2, 0.25) is 0 Å². The van der Waals surface area contributed by atoms with Crippen LogP contribution in [-0.2, 0) is 13.2 Å². The van der Waals surface area contributed by atoms with Crippen LogP contribution in [0.15, 0.2) is 47.6 Å². The van der Waals surface area contributed by atoms with E-state index >= 15 is 0 Å². The van der Waals surface area contributed by atoms with Gasteiger partial charge in [-0.15, -0.1) is 0 Å². The Labute approximate surface area is 121 Å². The molecule has 0 atom stereocenters. The van der Waals surface area contributed by atoms with Crippen molar-refractivity contribution in [3.63, 3.8) is 0 Å². The molecule has 2 aromatic carbocycles. The fraction of sp³-hybridized carbons (Fsp3) is 0.133. The SMILES string of the molecule is N/C(=N/O)c1cc(F)cc(COc2ccccc2CO)c1. The average Bonchev–Trinajstić information content (AvgIpc) is 2.51. The van der Waals surface area contributed by atoms with Crippen molar-refractivity contribution in [1.29, 1.82) is 0 Å². The number of oxime groups is 1. The summed E-state index contributed by atoms with van der Waals surface area (Å²) in [5.74, 6) is -0.158. The molecular weight excluding hydrogens is 275 g/mol. The van der Waals surface area contributed by atoms with E-state index in [4.69, 9.17) is 15.7 Å². The van der Waals surface area contributed by atoms with Crippen molar-refractivity contribution < 1.29 is 19.4 Å². The van der Waals surface area contributed by atoms with E-state index in [1.165, 1.54) is 12.1 Å². The van der Waals surface area contributed by atoms with E-state index in [1.54, 1.807) is 30.3 Å². The Balaban J connectivity index is 2.18. The highest BCUT2D eigenvalue weighted by molar-refractivity contribution is 5.97. The fourth-order valence-corrected chi connectivity index (χ4v) is 1.88. The van der Waals surface area contributed by atoms with E-state index in [2.05, 4.69) is 5.16 Å². The van der Waals surface area contributed by atoms with Crippen molar-refractivity contribution in [1.82, 2.24) is 0 Å². The summed E-state index contributed by atoms with van der Waals surface area (Å²) in [6.07, 6.45) is 0. The molecule has 0 saturated heterocycles. The maximum atomic E-state index is 13.5. The van der Waals surface area contributed by atoms with Crippen LogP contribution in [0.5, 0.6) is 5.75 Å². The number of para-hydroxylation sites is 1. The number of nitrogens with two attached hydrogens (primary N) is 1. The minimum absolute atomic E-state index is 0.0977. The Morgan fingerprint density at radius 3 is 2.71 bits per heavy atom. The first-order valence-corrected chi connectivity index (χ1v) is 6.23. The molecule has 0 aliphatic rings. The molecule has 0 radical (unpaired) electrons. The quantitative estimate of drug-likeness (QED) is 0.340. The number of benzene rings is 2. The minimum Gasteiger partial charge on any atom is -0.489 e. The van der Waals surface area contributed by atoms with Gasteiger partial charge in [-0.25, -0.2) is 4.39 Å². The smallest absolute Gasteiger partial charge is 0.170 e. The van der Waals surface area contributed by atoms with E-state index in [9.17, 15) is 9.50 Å². The number of hydrogen-bond acceptors (Lipinski definition) is 4. The van der Waals surface area contributed by atoms with E-state index in [-0.39, 0.29) is 24.6 Å². The number of aliphatic hydroxyl groups is 1. The third kappa shape index (κ3) is 3.70. The van der Waals surface area contributed by atoms with Crippen LogP contribution >= 0.6 is 0 Å². The molecule has 110 valence electrons. The second kappa shape index (κ2) is 6.71. The van der Waals surface area contributed by atoms with Crippen LogP contribution in [0, 0.1) is 5.82 Å². The van der Waals surface area contributed by atoms with Crippen molar-refractivity contribution in [3.8, 4) is 5.75 Å². The maximum absolute atomic E-state index is 13.5. The highest BCUT2D eigenvalue weighted by Crippen LogP contribution is 2.20. The molecule has 0 saturated carbocycles. The highest BCUT2D eigenvalue weighted by atomic mass is 19.1. The fourth-order valence-electron chi connectivity index (χ4n) is 1.88. The lowest BCUT2D eigenvalue weighted by molar-refractivity contribution is 0.259. The van der Waals surface area contributed by atoms with E-state index in [0.29, 0.717) is 16.9 Å². The molecule has 0 aliphatic heterocycles. The topological polar surface area (TPSA) is 88.1 Å². The largest absolute Gasteiger partial charge is 0.489 e. The summed E-state index contributed by atoms with van der Waals surface area (Å²) in [6.45, 7) is -0.0465. The number of rotatable bonds is 5. The second-order valence-electron chi connectivity index (χ2n) is 4.39. The first-order chi connectivity index (χ1) is 10.1. The molecule has 0 fully saturated rings. The molecule has 0 aliphatic carbocycles. The van der Waals surface area contributed by atoms with Crippen LogP contribution in [-0.4, -0.2) is 16.1 Å². The monoisotopic (exact) mass is 290 g/mol. The molecule has 0 heterocycles. The predicted octanol–water partition coefficient (Wildman–Crippen LogP) is 1.99. The number of aliphatic hydroxyl groups excluding tert-OH is 1. The minimum atomic E-state index is -0.506. The molecule has 0 amide bonds. The van der Waals surface area contributed by atoms with Gasteiger partial charge in [0.25, 0.3) is 0 Å². The van der Waals surface area contributed by atoms with Crippen LogP contribution in [0.2, 0.25) is 0 Å².